The van der Waals surface area contributed by atoms with Crippen LogP contribution in [-0.2, 0) is 20.7 Å². The van der Waals surface area contributed by atoms with Crippen LogP contribution in [0, 0.1) is 0 Å². The fraction of sp³-hybridized carbons (Fsp3) is 0.579. The molecule has 0 bridgehead atoms. The average molecular weight is 334 g/mol. The number of unbranched alkanes of at least 4 members (excludes halogenated alkanes) is 4. The van der Waals surface area contributed by atoms with Gasteiger partial charge in [0, 0.05) is 0 Å². The summed E-state index contributed by atoms with van der Waals surface area (Å²) in [7, 11) is 0. The summed E-state index contributed by atoms with van der Waals surface area (Å²) in [6.45, 7) is 1.86. The third kappa shape index (κ3) is 5.34. The highest BCUT2D eigenvalue weighted by Gasteiger charge is 2.37. The predicted octanol–water partition coefficient (Wildman–Crippen LogP) is 3.03. The summed E-state index contributed by atoms with van der Waals surface area (Å²) < 4.78 is 10.2. The van der Waals surface area contributed by atoms with Crippen molar-refractivity contribution >= 4 is 11.9 Å². The van der Waals surface area contributed by atoms with E-state index < -0.39 is 24.1 Å². The Morgan fingerprint density at radius 3 is 2.58 bits per heavy atom. The van der Waals surface area contributed by atoms with E-state index in [1.165, 1.54) is 31.2 Å². The summed E-state index contributed by atoms with van der Waals surface area (Å²) in [5.74, 6) is -0.948. The zero-order valence-corrected chi connectivity index (χ0v) is 14.2. The maximum atomic E-state index is 12.1. The number of esters is 2. The van der Waals surface area contributed by atoms with Crippen LogP contribution in [0.1, 0.15) is 61.4 Å². The number of carbonyl (C=O) groups excluding carboxylic acids is 2. The molecule has 5 nitrogen and oxygen atoms in total. The molecule has 1 aromatic rings. The van der Waals surface area contributed by atoms with Crippen LogP contribution in [0.3, 0.4) is 0 Å². The largest absolute Gasteiger partial charge is 0.456 e. The molecule has 24 heavy (non-hydrogen) atoms. The Kier molecular flexibility index (Phi) is 7.25. The molecule has 0 spiro atoms. The van der Waals surface area contributed by atoms with Gasteiger partial charge in [0.25, 0.3) is 0 Å². The molecule has 1 saturated heterocycles. The number of hydrogen-bond acceptors (Lipinski definition) is 5. The van der Waals surface area contributed by atoms with Gasteiger partial charge in [-0.05, 0) is 30.5 Å². The third-order valence-corrected chi connectivity index (χ3v) is 4.26. The van der Waals surface area contributed by atoms with Crippen LogP contribution in [0.4, 0.5) is 0 Å². The molecule has 2 atom stereocenters. The van der Waals surface area contributed by atoms with Crippen LogP contribution >= 0.6 is 0 Å². The summed E-state index contributed by atoms with van der Waals surface area (Å²) in [6, 6.07) is 7.37. The first-order valence-corrected chi connectivity index (χ1v) is 8.74. The average Bonchev–Trinajstić information content (AvgIpc) is 2.94. The van der Waals surface area contributed by atoms with Crippen molar-refractivity contribution in [3.8, 4) is 0 Å². The monoisotopic (exact) mass is 334 g/mol. The van der Waals surface area contributed by atoms with Gasteiger partial charge in [-0.25, -0.2) is 4.79 Å². The van der Waals surface area contributed by atoms with Gasteiger partial charge < -0.3 is 14.6 Å². The Bertz CT molecular complexity index is 537. The smallest absolute Gasteiger partial charge is 0.338 e. The molecule has 1 aliphatic heterocycles. The van der Waals surface area contributed by atoms with Crippen molar-refractivity contribution in [2.75, 3.05) is 6.61 Å². The molecule has 0 amide bonds. The second-order valence-corrected chi connectivity index (χ2v) is 6.22. The van der Waals surface area contributed by atoms with E-state index in [2.05, 4.69) is 6.92 Å². The minimum Gasteiger partial charge on any atom is -0.456 e. The molecule has 1 aromatic carbocycles. The lowest BCUT2D eigenvalue weighted by molar-refractivity contribution is -0.143. The lowest BCUT2D eigenvalue weighted by atomic mass is 10.0. The maximum absolute atomic E-state index is 12.1. The first-order valence-electron chi connectivity index (χ1n) is 8.74. The molecule has 1 heterocycles. The highest BCUT2D eigenvalue weighted by molar-refractivity contribution is 5.90. The number of ether oxygens (including phenoxy) is 2. The molecule has 0 unspecified atom stereocenters. The molecular formula is C19H26O5. The van der Waals surface area contributed by atoms with Gasteiger partial charge in [0.2, 0.25) is 0 Å². The van der Waals surface area contributed by atoms with E-state index in [4.69, 9.17) is 14.6 Å². The summed E-state index contributed by atoms with van der Waals surface area (Å²) >= 11 is 0. The molecular weight excluding hydrogens is 308 g/mol. The van der Waals surface area contributed by atoms with Crippen LogP contribution in [0.25, 0.3) is 0 Å². The summed E-state index contributed by atoms with van der Waals surface area (Å²) in [5.41, 5.74) is 1.65. The molecule has 1 aliphatic rings. The minimum absolute atomic E-state index is 0.00713. The Labute approximate surface area is 143 Å². The highest BCUT2D eigenvalue weighted by Crippen LogP contribution is 2.20. The normalized spacial score (nSPS) is 20.0. The number of carbonyl (C=O) groups is 2. The van der Waals surface area contributed by atoms with Gasteiger partial charge in [0.15, 0.2) is 12.2 Å². The van der Waals surface area contributed by atoms with Crippen molar-refractivity contribution in [3.63, 3.8) is 0 Å². The zero-order valence-electron chi connectivity index (χ0n) is 14.2. The number of aryl methyl sites for hydroxylation is 1. The Morgan fingerprint density at radius 2 is 1.92 bits per heavy atom. The standard InChI is InChI=1S/C19H26O5/c1-2-3-4-5-6-7-14-8-10-15(11-9-14)19(22)24-16-12-18(21)23-17(16)13-20/h8-11,16-17,20H,2-7,12-13H2,1H3/t16-,17+/m1/s1. The molecule has 1 N–H and O–H groups in total. The fourth-order valence-corrected chi connectivity index (χ4v) is 2.81. The highest BCUT2D eigenvalue weighted by atomic mass is 16.6. The van der Waals surface area contributed by atoms with Crippen LogP contribution in [0.2, 0.25) is 0 Å². The van der Waals surface area contributed by atoms with Gasteiger partial charge in [-0.1, -0.05) is 44.7 Å². The SMILES string of the molecule is CCCCCCCc1ccc(C(=O)O[C@@H]2CC(=O)O[C@H]2CO)cc1. The number of hydrogen-bond donors (Lipinski definition) is 1. The zero-order chi connectivity index (χ0) is 17.4. The van der Waals surface area contributed by atoms with Crippen molar-refractivity contribution < 1.29 is 24.2 Å². The van der Waals surface area contributed by atoms with Crippen LogP contribution in [0.15, 0.2) is 24.3 Å². The molecule has 0 aromatic heterocycles. The fourth-order valence-electron chi connectivity index (χ4n) is 2.81. The molecule has 1 fully saturated rings. The van der Waals surface area contributed by atoms with Crippen LogP contribution < -0.4 is 0 Å². The lowest BCUT2D eigenvalue weighted by Crippen LogP contribution is -2.30. The first-order chi connectivity index (χ1) is 11.6. The second kappa shape index (κ2) is 9.42. The first kappa shape index (κ1) is 18.5. The van der Waals surface area contributed by atoms with Gasteiger partial charge in [-0.2, -0.15) is 0 Å². The number of aliphatic hydroxyl groups is 1. The molecule has 0 saturated carbocycles. The van der Waals surface area contributed by atoms with E-state index >= 15 is 0 Å². The molecule has 0 aliphatic carbocycles. The van der Waals surface area contributed by atoms with E-state index in [0.717, 1.165) is 12.8 Å². The summed E-state index contributed by atoms with van der Waals surface area (Å²) in [4.78, 5) is 23.4. The van der Waals surface area contributed by atoms with Gasteiger partial charge in [0.05, 0.1) is 18.6 Å². The molecule has 132 valence electrons. The van der Waals surface area contributed by atoms with Crippen molar-refractivity contribution in [2.45, 2.75) is 64.1 Å². The second-order valence-electron chi connectivity index (χ2n) is 6.22. The van der Waals surface area contributed by atoms with Gasteiger partial charge >= 0.3 is 11.9 Å². The predicted molar refractivity (Wildman–Crippen MR) is 89.7 cm³/mol. The van der Waals surface area contributed by atoms with E-state index in [-0.39, 0.29) is 13.0 Å². The number of benzene rings is 1. The van der Waals surface area contributed by atoms with Crippen LogP contribution in [0.5, 0.6) is 0 Å². The van der Waals surface area contributed by atoms with Crippen molar-refractivity contribution in [1.29, 1.82) is 0 Å². The minimum atomic E-state index is -0.760. The quantitative estimate of drug-likeness (QED) is 0.555. The Balaban J connectivity index is 1.81. The van der Waals surface area contributed by atoms with Crippen molar-refractivity contribution in [3.05, 3.63) is 35.4 Å². The topological polar surface area (TPSA) is 72.8 Å². The van der Waals surface area contributed by atoms with Gasteiger partial charge in [0.1, 0.15) is 0 Å². The van der Waals surface area contributed by atoms with Crippen LogP contribution in [-0.4, -0.2) is 35.9 Å². The van der Waals surface area contributed by atoms with Gasteiger partial charge in [-0.3, -0.25) is 4.79 Å². The Morgan fingerprint density at radius 1 is 1.21 bits per heavy atom. The summed E-state index contributed by atoms with van der Waals surface area (Å²) in [6.07, 6.45) is 5.72. The maximum Gasteiger partial charge on any atom is 0.338 e. The molecule has 0 radical (unpaired) electrons. The lowest BCUT2D eigenvalue weighted by Gasteiger charge is -2.15. The van der Waals surface area contributed by atoms with E-state index in [1.807, 2.05) is 12.1 Å². The van der Waals surface area contributed by atoms with E-state index in [1.54, 1.807) is 12.1 Å². The third-order valence-electron chi connectivity index (χ3n) is 4.26. The van der Waals surface area contributed by atoms with Gasteiger partial charge in [-0.15, -0.1) is 0 Å². The summed E-state index contributed by atoms with van der Waals surface area (Å²) in [5, 5.41) is 9.14. The molecule has 2 rings (SSSR count). The van der Waals surface area contributed by atoms with E-state index in [9.17, 15) is 9.59 Å². The number of aliphatic hydroxyl groups excluding tert-OH is 1. The number of rotatable bonds is 9. The Hall–Kier alpha value is -1.88. The van der Waals surface area contributed by atoms with Crippen molar-refractivity contribution in [2.24, 2.45) is 0 Å². The van der Waals surface area contributed by atoms with Crippen molar-refractivity contribution in [1.82, 2.24) is 0 Å². The van der Waals surface area contributed by atoms with E-state index in [0.29, 0.717) is 5.56 Å². The number of cyclic esters (lactones) is 1. The molecule has 5 heteroatoms.